The van der Waals surface area contributed by atoms with Crippen molar-refractivity contribution in [1.82, 2.24) is 15.1 Å². The Balaban J connectivity index is 1.72. The monoisotopic (exact) mass is 367 g/mol. The second kappa shape index (κ2) is 9.51. The zero-order valence-corrected chi connectivity index (χ0v) is 15.6. The number of piperidine rings is 1. The zero-order chi connectivity index (χ0) is 18.2. The first-order valence-corrected chi connectivity index (χ1v) is 9.12. The normalized spacial score (nSPS) is 14.9. The number of ether oxygens (including phenoxy) is 1. The summed E-state index contributed by atoms with van der Waals surface area (Å²) in [5.74, 6) is 0.586. The molecule has 0 atom stereocenters. The molecule has 1 N–H and O–H groups in total. The number of amides is 3. The van der Waals surface area contributed by atoms with E-state index in [1.54, 1.807) is 34.1 Å². The number of benzene rings is 1. The minimum atomic E-state index is -0.0385. The van der Waals surface area contributed by atoms with E-state index in [2.05, 4.69) is 5.32 Å². The highest BCUT2D eigenvalue weighted by molar-refractivity contribution is 6.30. The summed E-state index contributed by atoms with van der Waals surface area (Å²) in [6.45, 7) is 6.59. The molecule has 1 aromatic carbocycles. The fourth-order valence-corrected chi connectivity index (χ4v) is 2.94. The zero-order valence-electron chi connectivity index (χ0n) is 14.8. The Bertz CT molecular complexity index is 567. The number of halogens is 1. The number of likely N-dealkylation sites (tertiary alicyclic amines) is 1. The van der Waals surface area contributed by atoms with Gasteiger partial charge in [0.2, 0.25) is 0 Å². The predicted molar refractivity (Wildman–Crippen MR) is 98.0 cm³/mol. The number of hydrogen-bond donors (Lipinski definition) is 1. The smallest absolute Gasteiger partial charge is 0.317 e. The first kappa shape index (κ1) is 19.4. The Morgan fingerprint density at radius 3 is 2.36 bits per heavy atom. The van der Waals surface area contributed by atoms with Crippen LogP contribution in [0.25, 0.3) is 0 Å². The molecule has 0 bridgehead atoms. The minimum absolute atomic E-state index is 0.0120. The molecule has 1 saturated heterocycles. The second-order valence-electron chi connectivity index (χ2n) is 6.02. The van der Waals surface area contributed by atoms with E-state index >= 15 is 0 Å². The molecule has 7 heteroatoms. The van der Waals surface area contributed by atoms with Crippen LogP contribution in [-0.4, -0.2) is 60.6 Å². The van der Waals surface area contributed by atoms with E-state index in [-0.39, 0.29) is 24.6 Å². The number of carbonyl (C=O) groups is 2. The average molecular weight is 368 g/mol. The highest BCUT2D eigenvalue weighted by Gasteiger charge is 2.25. The quantitative estimate of drug-likeness (QED) is 0.841. The van der Waals surface area contributed by atoms with Crippen LogP contribution in [0.15, 0.2) is 24.3 Å². The van der Waals surface area contributed by atoms with E-state index in [4.69, 9.17) is 16.3 Å². The standard InChI is InChI=1S/C18H26ClN3O3/c1-3-21(4-2)18(24)20-15-9-11-22(12-10-15)17(23)13-25-16-7-5-14(19)6-8-16/h5-8,15H,3-4,9-13H2,1-2H3,(H,20,24). The van der Waals surface area contributed by atoms with Crippen LogP contribution in [0.2, 0.25) is 5.02 Å². The molecule has 0 radical (unpaired) electrons. The lowest BCUT2D eigenvalue weighted by Gasteiger charge is -2.33. The number of urea groups is 1. The highest BCUT2D eigenvalue weighted by atomic mass is 35.5. The molecular formula is C18H26ClN3O3. The molecule has 0 unspecified atom stereocenters. The fraction of sp³-hybridized carbons (Fsp3) is 0.556. The van der Waals surface area contributed by atoms with Gasteiger partial charge in [-0.05, 0) is 51.0 Å². The van der Waals surface area contributed by atoms with Crippen LogP contribution in [-0.2, 0) is 4.79 Å². The molecule has 1 heterocycles. The lowest BCUT2D eigenvalue weighted by atomic mass is 10.1. The minimum Gasteiger partial charge on any atom is -0.484 e. The molecule has 25 heavy (non-hydrogen) atoms. The molecule has 0 spiro atoms. The predicted octanol–water partition coefficient (Wildman–Crippen LogP) is 2.76. The molecule has 138 valence electrons. The van der Waals surface area contributed by atoms with Crippen LogP contribution >= 0.6 is 11.6 Å². The lowest BCUT2D eigenvalue weighted by molar-refractivity contribution is -0.134. The van der Waals surface area contributed by atoms with Crippen molar-refractivity contribution in [2.75, 3.05) is 32.8 Å². The lowest BCUT2D eigenvalue weighted by Crippen LogP contribution is -2.50. The first-order valence-electron chi connectivity index (χ1n) is 8.75. The van der Waals surface area contributed by atoms with Crippen molar-refractivity contribution >= 4 is 23.5 Å². The summed E-state index contributed by atoms with van der Waals surface area (Å²) in [4.78, 5) is 27.9. The van der Waals surface area contributed by atoms with E-state index in [1.807, 2.05) is 13.8 Å². The van der Waals surface area contributed by atoms with Gasteiger partial charge in [-0.1, -0.05) is 11.6 Å². The van der Waals surface area contributed by atoms with Gasteiger partial charge in [-0.15, -0.1) is 0 Å². The molecule has 6 nitrogen and oxygen atoms in total. The van der Waals surface area contributed by atoms with Gasteiger partial charge in [0.1, 0.15) is 5.75 Å². The number of carbonyl (C=O) groups excluding carboxylic acids is 2. The Kier molecular flexibility index (Phi) is 7.37. The van der Waals surface area contributed by atoms with Crippen molar-refractivity contribution in [3.63, 3.8) is 0 Å². The largest absolute Gasteiger partial charge is 0.484 e. The van der Waals surface area contributed by atoms with Gasteiger partial charge in [-0.2, -0.15) is 0 Å². The van der Waals surface area contributed by atoms with Gasteiger partial charge < -0.3 is 19.9 Å². The maximum atomic E-state index is 12.2. The van der Waals surface area contributed by atoms with Crippen LogP contribution in [0.4, 0.5) is 4.79 Å². The first-order chi connectivity index (χ1) is 12.0. The van der Waals surface area contributed by atoms with Crippen LogP contribution in [0.5, 0.6) is 5.75 Å². The third-order valence-corrected chi connectivity index (χ3v) is 4.65. The van der Waals surface area contributed by atoms with Crippen molar-refractivity contribution in [1.29, 1.82) is 0 Å². The summed E-state index contributed by atoms with van der Waals surface area (Å²) < 4.78 is 5.50. The van der Waals surface area contributed by atoms with Gasteiger partial charge in [0, 0.05) is 37.2 Å². The molecule has 0 saturated carbocycles. The Morgan fingerprint density at radius 1 is 1.20 bits per heavy atom. The Labute approximate surface area is 154 Å². The fourth-order valence-electron chi connectivity index (χ4n) is 2.82. The highest BCUT2D eigenvalue weighted by Crippen LogP contribution is 2.16. The van der Waals surface area contributed by atoms with Crippen LogP contribution in [0, 0.1) is 0 Å². The van der Waals surface area contributed by atoms with E-state index in [0.717, 1.165) is 12.8 Å². The topological polar surface area (TPSA) is 61.9 Å². The van der Waals surface area contributed by atoms with Gasteiger partial charge in [0.15, 0.2) is 6.61 Å². The van der Waals surface area contributed by atoms with Crippen molar-refractivity contribution in [3.8, 4) is 5.75 Å². The van der Waals surface area contributed by atoms with Crippen molar-refractivity contribution in [2.24, 2.45) is 0 Å². The molecule has 1 fully saturated rings. The average Bonchev–Trinajstić information content (AvgIpc) is 2.62. The summed E-state index contributed by atoms with van der Waals surface area (Å²) in [6.07, 6.45) is 1.53. The van der Waals surface area contributed by atoms with Crippen molar-refractivity contribution in [3.05, 3.63) is 29.3 Å². The van der Waals surface area contributed by atoms with Gasteiger partial charge in [-0.3, -0.25) is 4.79 Å². The van der Waals surface area contributed by atoms with Gasteiger partial charge >= 0.3 is 6.03 Å². The third kappa shape index (κ3) is 5.81. The van der Waals surface area contributed by atoms with E-state index < -0.39 is 0 Å². The molecule has 1 aliphatic rings. The van der Waals surface area contributed by atoms with Gasteiger partial charge in [0.25, 0.3) is 5.91 Å². The number of nitrogens with one attached hydrogen (secondary N) is 1. The number of rotatable bonds is 6. The van der Waals surface area contributed by atoms with Crippen LogP contribution in [0.3, 0.4) is 0 Å². The molecule has 3 amide bonds. The molecule has 2 rings (SSSR count). The van der Waals surface area contributed by atoms with Crippen LogP contribution in [0.1, 0.15) is 26.7 Å². The van der Waals surface area contributed by atoms with E-state index in [9.17, 15) is 9.59 Å². The SMILES string of the molecule is CCN(CC)C(=O)NC1CCN(C(=O)COc2ccc(Cl)cc2)CC1. The van der Waals surface area contributed by atoms with E-state index in [1.165, 1.54) is 0 Å². The third-order valence-electron chi connectivity index (χ3n) is 4.40. The van der Waals surface area contributed by atoms with Crippen molar-refractivity contribution < 1.29 is 14.3 Å². The second-order valence-corrected chi connectivity index (χ2v) is 6.46. The van der Waals surface area contributed by atoms with Gasteiger partial charge in [-0.25, -0.2) is 4.79 Å². The molecule has 0 aromatic heterocycles. The molecule has 1 aliphatic heterocycles. The van der Waals surface area contributed by atoms with Crippen molar-refractivity contribution in [2.45, 2.75) is 32.7 Å². The molecule has 1 aromatic rings. The van der Waals surface area contributed by atoms with Gasteiger partial charge in [0.05, 0.1) is 0 Å². The maximum absolute atomic E-state index is 12.2. The Morgan fingerprint density at radius 2 is 1.80 bits per heavy atom. The molecular weight excluding hydrogens is 342 g/mol. The summed E-state index contributed by atoms with van der Waals surface area (Å²) in [5.41, 5.74) is 0. The summed E-state index contributed by atoms with van der Waals surface area (Å²) in [6, 6.07) is 7.03. The number of hydrogen-bond acceptors (Lipinski definition) is 3. The summed E-state index contributed by atoms with van der Waals surface area (Å²) >= 11 is 5.82. The summed E-state index contributed by atoms with van der Waals surface area (Å²) in [7, 11) is 0. The number of nitrogens with zero attached hydrogens (tertiary/aromatic N) is 2. The molecule has 0 aliphatic carbocycles. The summed E-state index contributed by atoms with van der Waals surface area (Å²) in [5, 5.41) is 3.68. The Hall–Kier alpha value is -1.95. The van der Waals surface area contributed by atoms with Crippen LogP contribution < -0.4 is 10.1 Å². The van der Waals surface area contributed by atoms with E-state index in [0.29, 0.717) is 37.0 Å². The maximum Gasteiger partial charge on any atom is 0.317 e.